The zero-order valence-corrected chi connectivity index (χ0v) is 16.3. The van der Waals surface area contributed by atoms with Crippen molar-refractivity contribution in [1.29, 1.82) is 0 Å². The highest BCUT2D eigenvalue weighted by molar-refractivity contribution is 6.33. The Morgan fingerprint density at radius 1 is 0.862 bits per heavy atom. The SMILES string of the molecule is O=C(Nc1ccc2c(c1)Cc1ccccc1-2)c1ccc(-c2ncccc2Cl)cc1. The van der Waals surface area contributed by atoms with Gasteiger partial charge < -0.3 is 5.32 Å². The maximum Gasteiger partial charge on any atom is 0.255 e. The molecule has 4 aromatic rings. The maximum absolute atomic E-state index is 12.7. The van der Waals surface area contributed by atoms with Crippen LogP contribution in [-0.2, 0) is 6.42 Å². The van der Waals surface area contributed by atoms with Crippen LogP contribution < -0.4 is 5.32 Å². The normalized spacial score (nSPS) is 11.6. The molecular weight excluding hydrogens is 380 g/mol. The Balaban J connectivity index is 1.35. The molecule has 1 heterocycles. The minimum Gasteiger partial charge on any atom is -0.322 e. The maximum atomic E-state index is 12.7. The van der Waals surface area contributed by atoms with Crippen molar-refractivity contribution in [3.8, 4) is 22.4 Å². The molecule has 0 bridgehead atoms. The van der Waals surface area contributed by atoms with Gasteiger partial charge in [0.1, 0.15) is 0 Å². The largest absolute Gasteiger partial charge is 0.322 e. The highest BCUT2D eigenvalue weighted by Crippen LogP contribution is 2.37. The van der Waals surface area contributed by atoms with Gasteiger partial charge >= 0.3 is 0 Å². The van der Waals surface area contributed by atoms with E-state index in [9.17, 15) is 4.79 Å². The lowest BCUT2D eigenvalue weighted by molar-refractivity contribution is 0.102. The van der Waals surface area contributed by atoms with Crippen molar-refractivity contribution in [3.63, 3.8) is 0 Å². The Bertz CT molecular complexity index is 1230. The third-order valence-corrected chi connectivity index (χ3v) is 5.54. The van der Waals surface area contributed by atoms with Crippen molar-refractivity contribution in [3.05, 3.63) is 107 Å². The second-order valence-electron chi connectivity index (χ2n) is 7.07. The number of halogens is 1. The summed E-state index contributed by atoms with van der Waals surface area (Å²) in [6.07, 6.45) is 2.60. The summed E-state index contributed by atoms with van der Waals surface area (Å²) in [7, 11) is 0. The molecule has 3 aromatic carbocycles. The number of hydrogen-bond acceptors (Lipinski definition) is 2. The summed E-state index contributed by atoms with van der Waals surface area (Å²) < 4.78 is 0. The summed E-state index contributed by atoms with van der Waals surface area (Å²) in [6, 6.07) is 25.4. The van der Waals surface area contributed by atoms with Crippen molar-refractivity contribution >= 4 is 23.2 Å². The third-order valence-electron chi connectivity index (χ3n) is 5.23. The molecule has 0 unspecified atom stereocenters. The third kappa shape index (κ3) is 3.30. The first-order valence-electron chi connectivity index (χ1n) is 9.42. The first-order valence-corrected chi connectivity index (χ1v) is 9.80. The monoisotopic (exact) mass is 396 g/mol. The van der Waals surface area contributed by atoms with Gasteiger partial charge in [0.25, 0.3) is 5.91 Å². The molecular formula is C25H17ClN2O. The van der Waals surface area contributed by atoms with Gasteiger partial charge in [0.05, 0.1) is 10.7 Å². The Morgan fingerprint density at radius 3 is 2.48 bits per heavy atom. The minimum absolute atomic E-state index is 0.140. The fourth-order valence-electron chi connectivity index (χ4n) is 3.80. The average molecular weight is 397 g/mol. The number of pyridine rings is 1. The number of anilines is 1. The summed E-state index contributed by atoms with van der Waals surface area (Å²) in [6.45, 7) is 0. The second-order valence-corrected chi connectivity index (χ2v) is 7.48. The smallest absolute Gasteiger partial charge is 0.255 e. The Hall–Kier alpha value is -3.43. The number of aromatic nitrogens is 1. The number of benzene rings is 3. The number of nitrogens with zero attached hydrogens (tertiary/aromatic N) is 1. The fraction of sp³-hybridized carbons (Fsp3) is 0.0400. The van der Waals surface area contributed by atoms with Gasteiger partial charge in [-0.05, 0) is 65.1 Å². The van der Waals surface area contributed by atoms with E-state index in [2.05, 4.69) is 46.7 Å². The molecule has 1 amide bonds. The number of fused-ring (bicyclic) bond motifs is 3. The van der Waals surface area contributed by atoms with Crippen LogP contribution in [0.4, 0.5) is 5.69 Å². The van der Waals surface area contributed by atoms with Crippen LogP contribution in [0.15, 0.2) is 85.1 Å². The van der Waals surface area contributed by atoms with E-state index in [1.807, 2.05) is 18.2 Å². The van der Waals surface area contributed by atoms with Gasteiger partial charge in [0, 0.05) is 23.0 Å². The van der Waals surface area contributed by atoms with Crippen molar-refractivity contribution < 1.29 is 4.79 Å². The first kappa shape index (κ1) is 17.7. The molecule has 0 aliphatic heterocycles. The molecule has 140 valence electrons. The molecule has 4 heteroatoms. The predicted octanol–water partition coefficient (Wildman–Crippen LogP) is 6.23. The van der Waals surface area contributed by atoms with Gasteiger partial charge in [-0.3, -0.25) is 9.78 Å². The fourth-order valence-corrected chi connectivity index (χ4v) is 4.03. The van der Waals surface area contributed by atoms with Gasteiger partial charge in [0.2, 0.25) is 0 Å². The van der Waals surface area contributed by atoms with Crippen LogP contribution in [-0.4, -0.2) is 10.9 Å². The lowest BCUT2D eigenvalue weighted by Crippen LogP contribution is -2.11. The van der Waals surface area contributed by atoms with E-state index in [1.54, 1.807) is 30.5 Å². The molecule has 0 radical (unpaired) electrons. The van der Waals surface area contributed by atoms with Crippen LogP contribution in [0, 0.1) is 0 Å². The Labute approximate surface area is 174 Å². The molecule has 0 fully saturated rings. The van der Waals surface area contributed by atoms with E-state index in [0.29, 0.717) is 16.3 Å². The van der Waals surface area contributed by atoms with Crippen molar-refractivity contribution in [1.82, 2.24) is 4.98 Å². The topological polar surface area (TPSA) is 42.0 Å². The Morgan fingerprint density at radius 2 is 1.66 bits per heavy atom. The number of nitrogens with one attached hydrogen (secondary N) is 1. The van der Waals surface area contributed by atoms with E-state index < -0.39 is 0 Å². The number of amides is 1. The summed E-state index contributed by atoms with van der Waals surface area (Å²) in [5, 5.41) is 3.59. The number of rotatable bonds is 3. The standard InChI is InChI=1S/C25H17ClN2O/c26-23-6-3-13-27-24(23)16-7-9-17(10-8-16)25(29)28-20-11-12-22-19(15-20)14-18-4-1-2-5-21(18)22/h1-13,15H,14H2,(H,28,29). The van der Waals surface area contributed by atoms with E-state index >= 15 is 0 Å². The van der Waals surface area contributed by atoms with E-state index in [0.717, 1.165) is 17.7 Å². The van der Waals surface area contributed by atoms with Crippen LogP contribution in [0.3, 0.4) is 0 Å². The van der Waals surface area contributed by atoms with Gasteiger partial charge in [-0.2, -0.15) is 0 Å². The molecule has 0 spiro atoms. The molecule has 3 nitrogen and oxygen atoms in total. The summed E-state index contributed by atoms with van der Waals surface area (Å²) in [5.74, 6) is -0.140. The number of carbonyl (C=O) groups is 1. The number of hydrogen-bond donors (Lipinski definition) is 1. The van der Waals surface area contributed by atoms with Gasteiger partial charge in [0.15, 0.2) is 0 Å². The lowest BCUT2D eigenvalue weighted by Gasteiger charge is -2.09. The minimum atomic E-state index is -0.140. The quantitative estimate of drug-likeness (QED) is 0.393. The second kappa shape index (κ2) is 7.19. The van der Waals surface area contributed by atoms with Gasteiger partial charge in [-0.25, -0.2) is 0 Å². The zero-order valence-electron chi connectivity index (χ0n) is 15.5. The van der Waals surface area contributed by atoms with E-state index in [1.165, 1.54) is 22.3 Å². The molecule has 0 atom stereocenters. The van der Waals surface area contributed by atoms with Gasteiger partial charge in [-0.15, -0.1) is 0 Å². The van der Waals surface area contributed by atoms with Crippen LogP contribution in [0.25, 0.3) is 22.4 Å². The van der Waals surface area contributed by atoms with Gasteiger partial charge in [-0.1, -0.05) is 54.1 Å². The molecule has 0 saturated heterocycles. The predicted molar refractivity (Wildman–Crippen MR) is 117 cm³/mol. The molecule has 1 aromatic heterocycles. The van der Waals surface area contributed by atoms with Crippen molar-refractivity contribution in [2.45, 2.75) is 6.42 Å². The van der Waals surface area contributed by atoms with Crippen LogP contribution in [0.5, 0.6) is 0 Å². The molecule has 1 aliphatic rings. The lowest BCUT2D eigenvalue weighted by atomic mass is 10.1. The van der Waals surface area contributed by atoms with Crippen molar-refractivity contribution in [2.75, 3.05) is 5.32 Å². The Kier molecular flexibility index (Phi) is 4.38. The van der Waals surface area contributed by atoms with Crippen molar-refractivity contribution in [2.24, 2.45) is 0 Å². The summed E-state index contributed by atoms with van der Waals surface area (Å²) in [4.78, 5) is 17.0. The summed E-state index contributed by atoms with van der Waals surface area (Å²) >= 11 is 6.21. The highest BCUT2D eigenvalue weighted by atomic mass is 35.5. The molecule has 29 heavy (non-hydrogen) atoms. The average Bonchev–Trinajstić information content (AvgIpc) is 3.12. The van der Waals surface area contributed by atoms with Crippen LogP contribution in [0.2, 0.25) is 5.02 Å². The highest BCUT2D eigenvalue weighted by Gasteiger charge is 2.18. The van der Waals surface area contributed by atoms with Crippen LogP contribution >= 0.6 is 11.6 Å². The molecule has 1 aliphatic carbocycles. The number of carbonyl (C=O) groups excluding carboxylic acids is 1. The zero-order chi connectivity index (χ0) is 19.8. The summed E-state index contributed by atoms with van der Waals surface area (Å²) in [5.41, 5.74) is 8.07. The van der Waals surface area contributed by atoms with Crippen LogP contribution in [0.1, 0.15) is 21.5 Å². The molecule has 0 saturated carbocycles. The van der Waals surface area contributed by atoms with E-state index in [-0.39, 0.29) is 5.91 Å². The molecule has 5 rings (SSSR count). The molecule has 1 N–H and O–H groups in total. The van der Waals surface area contributed by atoms with E-state index in [4.69, 9.17) is 11.6 Å². The first-order chi connectivity index (χ1) is 14.2.